The summed E-state index contributed by atoms with van der Waals surface area (Å²) in [5, 5.41) is 16.9. The fraction of sp³-hybridized carbons (Fsp3) is 0.667. The Morgan fingerprint density at radius 3 is 2.80 bits per heavy atom. The van der Waals surface area contributed by atoms with E-state index in [4.69, 9.17) is 15.3 Å². The second kappa shape index (κ2) is 3.05. The molecule has 1 unspecified atom stereocenters. The highest BCUT2D eigenvalue weighted by Crippen LogP contribution is 2.02. The van der Waals surface area contributed by atoms with Gasteiger partial charge in [0.05, 0.1) is 25.8 Å². The molecule has 1 saturated heterocycles. The van der Waals surface area contributed by atoms with Crippen molar-refractivity contribution >= 4 is 0 Å². The molecule has 0 N–H and O–H groups in total. The first-order valence-corrected chi connectivity index (χ1v) is 3.02. The van der Waals surface area contributed by atoms with Crippen LogP contribution in [0.2, 0.25) is 0 Å². The second-order valence-corrected chi connectivity index (χ2v) is 2.01. The molecule has 52 valence electrons. The number of morpholine rings is 1. The monoisotopic (exact) mass is 137 g/mol. The third-order valence-electron chi connectivity index (χ3n) is 1.41. The number of ether oxygens (including phenoxy) is 1. The summed E-state index contributed by atoms with van der Waals surface area (Å²) in [6.45, 7) is 1.44. The van der Waals surface area contributed by atoms with E-state index in [1.807, 2.05) is 12.3 Å². The minimum atomic E-state index is -0.376. The first-order valence-electron chi connectivity index (χ1n) is 3.02. The molecule has 0 amide bonds. The first kappa shape index (κ1) is 6.85. The van der Waals surface area contributed by atoms with Crippen molar-refractivity contribution in [2.45, 2.75) is 6.04 Å². The normalized spacial score (nSPS) is 25.0. The largest absolute Gasteiger partial charge is 0.376 e. The van der Waals surface area contributed by atoms with E-state index in [1.54, 1.807) is 0 Å². The summed E-state index contributed by atoms with van der Waals surface area (Å²) in [6, 6.07) is 1.61. The molecule has 4 heteroatoms. The Morgan fingerprint density at radius 1 is 1.50 bits per heavy atom. The molecule has 0 spiro atoms. The lowest BCUT2D eigenvalue weighted by Gasteiger charge is -2.25. The molecule has 0 aromatic heterocycles. The predicted octanol–water partition coefficient (Wildman–Crippen LogP) is -0.308. The van der Waals surface area contributed by atoms with Crippen molar-refractivity contribution in [3.63, 3.8) is 0 Å². The smallest absolute Gasteiger partial charge is 0.180 e. The van der Waals surface area contributed by atoms with Gasteiger partial charge in [0, 0.05) is 0 Å². The van der Waals surface area contributed by atoms with E-state index < -0.39 is 0 Å². The number of hydrogen-bond acceptors (Lipinski definition) is 4. The molecule has 0 aliphatic carbocycles. The van der Waals surface area contributed by atoms with Crippen LogP contribution in [0.25, 0.3) is 0 Å². The highest BCUT2D eigenvalue weighted by atomic mass is 16.5. The van der Waals surface area contributed by atoms with E-state index in [0.717, 1.165) is 0 Å². The lowest BCUT2D eigenvalue weighted by molar-refractivity contribution is 0.0397. The van der Waals surface area contributed by atoms with Gasteiger partial charge in [0.25, 0.3) is 0 Å². The summed E-state index contributed by atoms with van der Waals surface area (Å²) >= 11 is 0. The van der Waals surface area contributed by atoms with Gasteiger partial charge in [0.2, 0.25) is 0 Å². The fourth-order valence-corrected chi connectivity index (χ4v) is 0.830. The van der Waals surface area contributed by atoms with Gasteiger partial charge in [-0.3, -0.25) is 4.90 Å². The summed E-state index contributed by atoms with van der Waals surface area (Å²) < 4.78 is 4.99. The summed E-state index contributed by atoms with van der Waals surface area (Å²) in [6.07, 6.45) is 1.94. The van der Waals surface area contributed by atoms with Crippen LogP contribution in [0.4, 0.5) is 0 Å². The Balaban J connectivity index is 2.54. The van der Waals surface area contributed by atoms with E-state index in [0.29, 0.717) is 19.8 Å². The molecule has 0 aromatic carbocycles. The van der Waals surface area contributed by atoms with Crippen molar-refractivity contribution in [3.8, 4) is 12.3 Å². The standard InChI is InChI=1S/C6H7N3O/c7-3-6-4-10-2-1-9(6)5-8/h6H,1-2,4H2. The van der Waals surface area contributed by atoms with Crippen molar-refractivity contribution in [2.24, 2.45) is 0 Å². The molecule has 10 heavy (non-hydrogen) atoms. The predicted molar refractivity (Wildman–Crippen MR) is 32.5 cm³/mol. The van der Waals surface area contributed by atoms with Gasteiger partial charge >= 0.3 is 0 Å². The SMILES string of the molecule is N#CC1COCCN1C#N. The van der Waals surface area contributed by atoms with E-state index in [2.05, 4.69) is 0 Å². The van der Waals surface area contributed by atoms with Crippen LogP contribution in [0.15, 0.2) is 0 Å². The third-order valence-corrected chi connectivity index (χ3v) is 1.41. The second-order valence-electron chi connectivity index (χ2n) is 2.01. The summed E-state index contributed by atoms with van der Waals surface area (Å²) in [7, 11) is 0. The quantitative estimate of drug-likeness (QED) is 0.430. The molecule has 0 radical (unpaired) electrons. The molecule has 0 aromatic rings. The van der Waals surface area contributed by atoms with Gasteiger partial charge in [0.15, 0.2) is 6.19 Å². The van der Waals surface area contributed by atoms with Gasteiger partial charge in [-0.05, 0) is 0 Å². The lowest BCUT2D eigenvalue weighted by atomic mass is 10.3. The topological polar surface area (TPSA) is 60.0 Å². The molecule has 1 heterocycles. The van der Waals surface area contributed by atoms with Crippen molar-refractivity contribution in [3.05, 3.63) is 0 Å². The first-order chi connectivity index (χ1) is 4.88. The van der Waals surface area contributed by atoms with Gasteiger partial charge in [-0.25, -0.2) is 0 Å². The number of hydrogen-bond donors (Lipinski definition) is 0. The van der Waals surface area contributed by atoms with Crippen LogP contribution in [-0.4, -0.2) is 30.7 Å². The lowest BCUT2D eigenvalue weighted by Crippen LogP contribution is -2.41. The molecule has 1 atom stereocenters. The molecule has 1 aliphatic heterocycles. The van der Waals surface area contributed by atoms with Crippen LogP contribution < -0.4 is 0 Å². The number of rotatable bonds is 0. The zero-order chi connectivity index (χ0) is 7.40. The van der Waals surface area contributed by atoms with E-state index in [1.165, 1.54) is 4.90 Å². The molecule has 1 rings (SSSR count). The van der Waals surface area contributed by atoms with Crippen LogP contribution >= 0.6 is 0 Å². The van der Waals surface area contributed by atoms with Gasteiger partial charge in [-0.1, -0.05) is 0 Å². The van der Waals surface area contributed by atoms with Gasteiger partial charge in [-0.2, -0.15) is 10.5 Å². The molecule has 1 fully saturated rings. The van der Waals surface area contributed by atoms with Crippen molar-refractivity contribution in [1.29, 1.82) is 10.5 Å². The van der Waals surface area contributed by atoms with E-state index in [9.17, 15) is 0 Å². The average Bonchev–Trinajstić information content (AvgIpc) is 2.04. The summed E-state index contributed by atoms with van der Waals surface area (Å²) in [5.74, 6) is 0. The zero-order valence-corrected chi connectivity index (χ0v) is 5.45. The Labute approximate surface area is 59.2 Å². The summed E-state index contributed by atoms with van der Waals surface area (Å²) in [5.41, 5.74) is 0. The number of nitrogens with zero attached hydrogens (tertiary/aromatic N) is 3. The van der Waals surface area contributed by atoms with Crippen molar-refractivity contribution < 1.29 is 4.74 Å². The molecular formula is C6H7N3O. The molecule has 4 nitrogen and oxygen atoms in total. The Morgan fingerprint density at radius 2 is 2.30 bits per heavy atom. The van der Waals surface area contributed by atoms with Crippen LogP contribution in [-0.2, 0) is 4.74 Å². The Hall–Kier alpha value is -1.26. The van der Waals surface area contributed by atoms with E-state index in [-0.39, 0.29) is 6.04 Å². The molecule has 0 saturated carbocycles. The van der Waals surface area contributed by atoms with Gasteiger partial charge in [-0.15, -0.1) is 0 Å². The van der Waals surface area contributed by atoms with E-state index >= 15 is 0 Å². The highest BCUT2D eigenvalue weighted by molar-refractivity contribution is 4.98. The maximum atomic E-state index is 8.47. The molecule has 1 aliphatic rings. The van der Waals surface area contributed by atoms with Gasteiger partial charge < -0.3 is 4.74 Å². The van der Waals surface area contributed by atoms with Gasteiger partial charge in [0.1, 0.15) is 6.04 Å². The van der Waals surface area contributed by atoms with Crippen LogP contribution in [0, 0.1) is 22.8 Å². The van der Waals surface area contributed by atoms with Crippen LogP contribution in [0.1, 0.15) is 0 Å². The van der Waals surface area contributed by atoms with Crippen molar-refractivity contribution in [2.75, 3.05) is 19.8 Å². The van der Waals surface area contributed by atoms with Crippen LogP contribution in [0.3, 0.4) is 0 Å². The Bertz CT molecular complexity index is 168. The molecule has 0 bridgehead atoms. The summed E-state index contributed by atoms with van der Waals surface area (Å²) in [4.78, 5) is 1.43. The highest BCUT2D eigenvalue weighted by Gasteiger charge is 2.20. The maximum absolute atomic E-state index is 8.47. The zero-order valence-electron chi connectivity index (χ0n) is 5.45. The average molecular weight is 137 g/mol. The third kappa shape index (κ3) is 1.18. The minimum absolute atomic E-state index is 0.351. The Kier molecular flexibility index (Phi) is 2.09. The fourth-order valence-electron chi connectivity index (χ4n) is 0.830. The van der Waals surface area contributed by atoms with Crippen LogP contribution in [0.5, 0.6) is 0 Å². The maximum Gasteiger partial charge on any atom is 0.180 e. The minimum Gasteiger partial charge on any atom is -0.376 e. The van der Waals surface area contributed by atoms with Crippen molar-refractivity contribution in [1.82, 2.24) is 4.90 Å². The number of nitriles is 2. The molecular weight excluding hydrogens is 130 g/mol.